The number of ether oxygens (including phenoxy) is 2. The van der Waals surface area contributed by atoms with E-state index in [1.165, 1.54) is 7.11 Å². The predicted molar refractivity (Wildman–Crippen MR) is 65.7 cm³/mol. The van der Waals surface area contributed by atoms with Crippen molar-refractivity contribution in [2.75, 3.05) is 20.0 Å². The number of unbranched alkanes of at least 4 members (excludes halogenated alkanes) is 1. The van der Waals surface area contributed by atoms with E-state index in [1.807, 2.05) is 6.92 Å². The molecule has 0 aliphatic carbocycles. The first-order valence-electron chi connectivity index (χ1n) is 5.75. The Morgan fingerprint density at radius 1 is 1.17 bits per heavy atom. The van der Waals surface area contributed by atoms with E-state index in [4.69, 9.17) is 0 Å². The Kier molecular flexibility index (Phi) is 7.58. The topological polar surface area (TPSA) is 86.7 Å². The standard InChI is InChI=1S/C11H20O6S/c1-4-5-6-9(11(13)17-3)18(14,15)8-7-10(12)16-2/h9H,4-8H2,1-3H3. The monoisotopic (exact) mass is 280 g/mol. The molecule has 0 saturated carbocycles. The Morgan fingerprint density at radius 3 is 2.22 bits per heavy atom. The first kappa shape index (κ1) is 16.9. The number of sulfone groups is 1. The minimum atomic E-state index is -3.69. The number of carbonyl (C=O) groups excluding carboxylic acids is 2. The molecule has 1 atom stereocenters. The summed E-state index contributed by atoms with van der Waals surface area (Å²) in [5.74, 6) is -1.78. The molecule has 0 aromatic heterocycles. The summed E-state index contributed by atoms with van der Waals surface area (Å²) in [6.07, 6.45) is 1.35. The van der Waals surface area contributed by atoms with Crippen molar-refractivity contribution in [1.29, 1.82) is 0 Å². The van der Waals surface area contributed by atoms with Crippen LogP contribution >= 0.6 is 0 Å². The second-order valence-corrected chi connectivity index (χ2v) is 6.15. The number of rotatable bonds is 8. The molecular weight excluding hydrogens is 260 g/mol. The molecule has 0 aliphatic rings. The smallest absolute Gasteiger partial charge is 0.324 e. The first-order chi connectivity index (χ1) is 8.38. The van der Waals surface area contributed by atoms with E-state index in [0.29, 0.717) is 6.42 Å². The Hall–Kier alpha value is -1.11. The second kappa shape index (κ2) is 8.07. The molecule has 1 unspecified atom stereocenters. The summed E-state index contributed by atoms with van der Waals surface area (Å²) >= 11 is 0. The third-order valence-electron chi connectivity index (χ3n) is 2.54. The van der Waals surface area contributed by atoms with Crippen molar-refractivity contribution in [3.05, 3.63) is 0 Å². The fraction of sp³-hybridized carbons (Fsp3) is 0.818. The quantitative estimate of drug-likeness (QED) is 0.608. The van der Waals surface area contributed by atoms with E-state index in [2.05, 4.69) is 9.47 Å². The second-order valence-electron chi connectivity index (χ2n) is 3.85. The summed E-state index contributed by atoms with van der Waals surface area (Å²) in [5.41, 5.74) is 0. The van der Waals surface area contributed by atoms with Crippen LogP contribution in [-0.4, -0.2) is 45.6 Å². The molecule has 6 nitrogen and oxygen atoms in total. The lowest BCUT2D eigenvalue weighted by Gasteiger charge is -2.14. The lowest BCUT2D eigenvalue weighted by atomic mass is 10.2. The number of carbonyl (C=O) groups is 2. The molecule has 18 heavy (non-hydrogen) atoms. The molecule has 7 heteroatoms. The van der Waals surface area contributed by atoms with Gasteiger partial charge < -0.3 is 9.47 Å². The molecule has 0 radical (unpaired) electrons. The molecule has 0 N–H and O–H groups in total. The van der Waals surface area contributed by atoms with Crippen LogP contribution in [0.5, 0.6) is 0 Å². The maximum Gasteiger partial charge on any atom is 0.324 e. The largest absolute Gasteiger partial charge is 0.469 e. The average molecular weight is 280 g/mol. The van der Waals surface area contributed by atoms with Crippen LogP contribution in [0.1, 0.15) is 32.6 Å². The van der Waals surface area contributed by atoms with Crippen LogP contribution in [0, 0.1) is 0 Å². The lowest BCUT2D eigenvalue weighted by molar-refractivity contribution is -0.141. The van der Waals surface area contributed by atoms with Crippen molar-refractivity contribution in [2.24, 2.45) is 0 Å². The van der Waals surface area contributed by atoms with Crippen LogP contribution in [0.2, 0.25) is 0 Å². The average Bonchev–Trinajstić information content (AvgIpc) is 2.35. The molecule has 0 amide bonds. The summed E-state index contributed by atoms with van der Waals surface area (Å²) in [7, 11) is -1.35. The minimum absolute atomic E-state index is 0.215. The molecule has 0 fully saturated rings. The van der Waals surface area contributed by atoms with Gasteiger partial charge in [0.05, 0.1) is 26.4 Å². The molecule has 0 aliphatic heterocycles. The van der Waals surface area contributed by atoms with E-state index < -0.39 is 32.8 Å². The minimum Gasteiger partial charge on any atom is -0.469 e. The fourth-order valence-electron chi connectivity index (χ4n) is 1.43. The van der Waals surface area contributed by atoms with Gasteiger partial charge in [0.25, 0.3) is 0 Å². The number of hydrogen-bond acceptors (Lipinski definition) is 6. The normalized spacial score (nSPS) is 12.8. The zero-order chi connectivity index (χ0) is 14.2. The summed E-state index contributed by atoms with van der Waals surface area (Å²) in [4.78, 5) is 22.4. The molecule has 0 spiro atoms. The molecule has 0 bridgehead atoms. The molecule has 0 saturated heterocycles. The van der Waals surface area contributed by atoms with Gasteiger partial charge in [-0.3, -0.25) is 9.59 Å². The summed E-state index contributed by atoms with van der Waals surface area (Å²) in [5, 5.41) is -1.19. The van der Waals surface area contributed by atoms with Crippen molar-refractivity contribution in [1.82, 2.24) is 0 Å². The van der Waals surface area contributed by atoms with Crippen LogP contribution in [0.4, 0.5) is 0 Å². The van der Waals surface area contributed by atoms with Crippen LogP contribution in [-0.2, 0) is 28.9 Å². The Bertz CT molecular complexity index is 373. The molecule has 106 valence electrons. The van der Waals surface area contributed by atoms with Gasteiger partial charge in [-0.1, -0.05) is 19.8 Å². The van der Waals surface area contributed by atoms with Crippen molar-refractivity contribution in [3.8, 4) is 0 Å². The number of esters is 2. The van der Waals surface area contributed by atoms with Crippen LogP contribution in [0.15, 0.2) is 0 Å². The summed E-state index contributed by atoms with van der Waals surface area (Å²) in [6, 6.07) is 0. The highest BCUT2D eigenvalue weighted by atomic mass is 32.2. The van der Waals surface area contributed by atoms with Crippen molar-refractivity contribution >= 4 is 21.8 Å². The highest BCUT2D eigenvalue weighted by Crippen LogP contribution is 2.14. The molecule has 0 aromatic rings. The van der Waals surface area contributed by atoms with E-state index in [1.54, 1.807) is 0 Å². The van der Waals surface area contributed by atoms with Crippen molar-refractivity contribution in [2.45, 2.75) is 37.9 Å². The van der Waals surface area contributed by atoms with Gasteiger partial charge >= 0.3 is 11.9 Å². The van der Waals surface area contributed by atoms with Crippen LogP contribution in [0.25, 0.3) is 0 Å². The van der Waals surface area contributed by atoms with E-state index in [0.717, 1.165) is 13.5 Å². The Morgan fingerprint density at radius 2 is 1.78 bits per heavy atom. The summed E-state index contributed by atoms with van der Waals surface area (Å²) in [6.45, 7) is 1.90. The lowest BCUT2D eigenvalue weighted by Crippen LogP contribution is -2.34. The first-order valence-corrected chi connectivity index (χ1v) is 7.46. The third-order valence-corrected chi connectivity index (χ3v) is 4.60. The molecule has 0 heterocycles. The van der Waals surface area contributed by atoms with Crippen LogP contribution < -0.4 is 0 Å². The van der Waals surface area contributed by atoms with E-state index >= 15 is 0 Å². The van der Waals surface area contributed by atoms with Crippen LogP contribution in [0.3, 0.4) is 0 Å². The van der Waals surface area contributed by atoms with Gasteiger partial charge in [-0.25, -0.2) is 8.42 Å². The van der Waals surface area contributed by atoms with Gasteiger partial charge in [0, 0.05) is 0 Å². The summed E-state index contributed by atoms with van der Waals surface area (Å²) < 4.78 is 32.8. The highest BCUT2D eigenvalue weighted by Gasteiger charge is 2.33. The van der Waals surface area contributed by atoms with Gasteiger partial charge in [-0.05, 0) is 6.42 Å². The SMILES string of the molecule is CCCCC(C(=O)OC)S(=O)(=O)CCC(=O)OC. The maximum atomic E-state index is 11.9. The van der Waals surface area contributed by atoms with Gasteiger partial charge in [0.1, 0.15) is 0 Å². The highest BCUT2D eigenvalue weighted by molar-refractivity contribution is 7.92. The molecule has 0 rings (SSSR count). The Labute approximate surface area is 108 Å². The predicted octanol–water partition coefficient (Wildman–Crippen LogP) is 0.696. The zero-order valence-electron chi connectivity index (χ0n) is 11.0. The van der Waals surface area contributed by atoms with E-state index in [9.17, 15) is 18.0 Å². The molecular formula is C11H20O6S. The van der Waals surface area contributed by atoms with Crippen molar-refractivity contribution in [3.63, 3.8) is 0 Å². The van der Waals surface area contributed by atoms with Crippen molar-refractivity contribution < 1.29 is 27.5 Å². The van der Waals surface area contributed by atoms with Gasteiger partial charge in [0.2, 0.25) is 0 Å². The Balaban J connectivity index is 4.74. The van der Waals surface area contributed by atoms with Gasteiger partial charge in [0.15, 0.2) is 15.1 Å². The maximum absolute atomic E-state index is 11.9. The van der Waals surface area contributed by atoms with Gasteiger partial charge in [-0.2, -0.15) is 0 Å². The van der Waals surface area contributed by atoms with Gasteiger partial charge in [-0.15, -0.1) is 0 Å². The molecule has 0 aromatic carbocycles. The van der Waals surface area contributed by atoms with E-state index in [-0.39, 0.29) is 12.8 Å². The number of methoxy groups -OCH3 is 2. The number of hydrogen-bond donors (Lipinski definition) is 0. The fourth-order valence-corrected chi connectivity index (χ4v) is 3.09. The zero-order valence-corrected chi connectivity index (χ0v) is 11.8. The third kappa shape index (κ3) is 5.48.